The van der Waals surface area contributed by atoms with Gasteiger partial charge in [0.15, 0.2) is 0 Å². The largest absolute Gasteiger partial charge is 0.387 e. The van der Waals surface area contributed by atoms with Gasteiger partial charge >= 0.3 is 0 Å². The Labute approximate surface area is 201 Å². The number of benzene rings is 1. The van der Waals surface area contributed by atoms with Crippen LogP contribution in [0.4, 0.5) is 4.39 Å². The summed E-state index contributed by atoms with van der Waals surface area (Å²) in [5, 5.41) is 9.21. The van der Waals surface area contributed by atoms with Crippen LogP contribution in [0.25, 0.3) is 5.57 Å². The first-order valence-electron chi connectivity index (χ1n) is 12.1. The summed E-state index contributed by atoms with van der Waals surface area (Å²) in [5.41, 5.74) is 5.47. The summed E-state index contributed by atoms with van der Waals surface area (Å²) in [6.45, 7) is 7.64. The number of amides is 1. The van der Waals surface area contributed by atoms with E-state index < -0.39 is 6.61 Å². The minimum atomic E-state index is -0.454. The zero-order valence-electron chi connectivity index (χ0n) is 20.4. The number of piperidine rings is 1. The fourth-order valence-corrected chi connectivity index (χ4v) is 4.56. The Hall–Kier alpha value is -2.93. The molecule has 1 aromatic heterocycles. The Kier molecular flexibility index (Phi) is 9.45. The first-order chi connectivity index (χ1) is 16.5. The smallest absolute Gasteiger partial charge is 0.248 e. The van der Waals surface area contributed by atoms with Gasteiger partial charge in [0, 0.05) is 37.0 Å². The van der Waals surface area contributed by atoms with Crippen LogP contribution in [0.1, 0.15) is 62.8 Å². The third kappa shape index (κ3) is 6.35. The number of carbonyl (C=O) groups excluding carboxylic acids is 1. The maximum absolute atomic E-state index is 13.9. The van der Waals surface area contributed by atoms with Crippen molar-refractivity contribution in [2.45, 2.75) is 52.9 Å². The third-order valence-corrected chi connectivity index (χ3v) is 6.54. The zero-order valence-corrected chi connectivity index (χ0v) is 20.4. The first kappa shape index (κ1) is 25.7. The molecular formula is C27H35FN4O2. The van der Waals surface area contributed by atoms with E-state index in [1.807, 2.05) is 13.0 Å². The number of aliphatic hydroxyl groups is 1. The fourth-order valence-electron chi connectivity index (χ4n) is 4.56. The van der Waals surface area contributed by atoms with E-state index in [-0.39, 0.29) is 17.6 Å². The van der Waals surface area contributed by atoms with Gasteiger partial charge in [0.2, 0.25) is 5.91 Å². The highest BCUT2D eigenvalue weighted by Gasteiger charge is 2.27. The Balaban J connectivity index is 2.08. The molecule has 1 fully saturated rings. The molecule has 1 amide bonds. The van der Waals surface area contributed by atoms with Crippen molar-refractivity contribution in [2.75, 3.05) is 26.2 Å². The Morgan fingerprint density at radius 3 is 2.62 bits per heavy atom. The van der Waals surface area contributed by atoms with E-state index in [0.29, 0.717) is 19.6 Å². The summed E-state index contributed by atoms with van der Waals surface area (Å²) in [7, 11) is 0. The number of aromatic nitrogens is 2. The molecule has 1 aliphatic rings. The lowest BCUT2D eigenvalue weighted by Gasteiger charge is -2.33. The van der Waals surface area contributed by atoms with Crippen molar-refractivity contribution >= 4 is 17.2 Å². The maximum atomic E-state index is 13.9. The number of rotatable bonds is 9. The number of allylic oxidation sites excluding steroid dienone is 2. The van der Waals surface area contributed by atoms with E-state index in [4.69, 9.17) is 4.99 Å². The van der Waals surface area contributed by atoms with Gasteiger partial charge in [-0.15, -0.1) is 0 Å². The van der Waals surface area contributed by atoms with Crippen molar-refractivity contribution < 1.29 is 14.3 Å². The van der Waals surface area contributed by atoms with Gasteiger partial charge in [-0.3, -0.25) is 9.79 Å². The lowest BCUT2D eigenvalue weighted by molar-refractivity contribution is -0.135. The quantitative estimate of drug-likeness (QED) is 0.432. The number of aliphatic imine (C=N–C) groups is 1. The van der Waals surface area contributed by atoms with Crippen LogP contribution in [0.3, 0.4) is 0 Å². The molecule has 1 aromatic carbocycles. The summed E-state index contributed by atoms with van der Waals surface area (Å²) in [5.74, 6) is -0.248. The van der Waals surface area contributed by atoms with Gasteiger partial charge in [-0.05, 0) is 68.9 Å². The highest BCUT2D eigenvalue weighted by Crippen LogP contribution is 2.33. The fraction of sp³-hybridized carbons (Fsp3) is 0.481. The van der Waals surface area contributed by atoms with E-state index in [2.05, 4.69) is 23.8 Å². The third-order valence-electron chi connectivity index (χ3n) is 6.54. The Morgan fingerprint density at radius 1 is 1.24 bits per heavy atom. The van der Waals surface area contributed by atoms with Crippen molar-refractivity contribution in [1.82, 2.24) is 14.9 Å². The summed E-state index contributed by atoms with van der Waals surface area (Å²) in [6, 6.07) is 6.72. The molecule has 2 aromatic rings. The van der Waals surface area contributed by atoms with Crippen LogP contribution in [-0.4, -0.2) is 57.8 Å². The van der Waals surface area contributed by atoms with E-state index in [0.717, 1.165) is 65.8 Å². The summed E-state index contributed by atoms with van der Waals surface area (Å²) in [6.07, 6.45) is 8.07. The second-order valence-electron chi connectivity index (χ2n) is 8.86. The van der Waals surface area contributed by atoms with Crippen LogP contribution in [0.5, 0.6) is 0 Å². The molecule has 0 radical (unpaired) electrons. The zero-order chi connectivity index (χ0) is 24.5. The molecule has 0 spiro atoms. The van der Waals surface area contributed by atoms with Crippen molar-refractivity contribution in [3.63, 3.8) is 0 Å². The molecule has 1 N–H and O–H groups in total. The normalized spacial score (nSPS) is 15.9. The standard InChI is InChI=1S/C27H35FN4O2/c1-4-5-6-12-30-27(23-8-7-22(28)16-19(23)2)26(24-9-13-29-18-31-24)20(3)21-10-14-32(15-11-21)25(34)17-33/h7-9,13,16,18,21,33H,4-6,10-12,14-15,17H2,1-3H3/b26-20+,30-27?. The summed E-state index contributed by atoms with van der Waals surface area (Å²) in [4.78, 5) is 27.4. The average molecular weight is 467 g/mol. The van der Waals surface area contributed by atoms with Crippen LogP contribution in [0.2, 0.25) is 0 Å². The van der Waals surface area contributed by atoms with E-state index >= 15 is 0 Å². The van der Waals surface area contributed by atoms with Gasteiger partial charge in [0.1, 0.15) is 18.8 Å². The average Bonchev–Trinajstić information content (AvgIpc) is 2.86. The topological polar surface area (TPSA) is 78.7 Å². The van der Waals surface area contributed by atoms with Crippen LogP contribution < -0.4 is 0 Å². The molecule has 0 saturated carbocycles. The molecule has 0 aliphatic carbocycles. The highest BCUT2D eigenvalue weighted by atomic mass is 19.1. The molecule has 6 nitrogen and oxygen atoms in total. The molecule has 0 bridgehead atoms. The van der Waals surface area contributed by atoms with Gasteiger partial charge in [-0.2, -0.15) is 0 Å². The van der Waals surface area contributed by atoms with Gasteiger partial charge in [-0.1, -0.05) is 25.3 Å². The van der Waals surface area contributed by atoms with Gasteiger partial charge < -0.3 is 10.0 Å². The lowest BCUT2D eigenvalue weighted by atomic mass is 9.83. The summed E-state index contributed by atoms with van der Waals surface area (Å²) < 4.78 is 13.9. The van der Waals surface area contributed by atoms with Gasteiger partial charge in [0.25, 0.3) is 0 Å². The minimum Gasteiger partial charge on any atom is -0.387 e. The number of carbonyl (C=O) groups is 1. The van der Waals surface area contributed by atoms with Crippen molar-refractivity contribution in [3.05, 3.63) is 65.0 Å². The SMILES string of the molecule is CCCCCN=C(/C(=C(\C)C1CCN(C(=O)CO)CC1)c1ccncn1)c1ccc(F)cc1C. The van der Waals surface area contributed by atoms with E-state index in [1.54, 1.807) is 23.2 Å². The molecule has 3 rings (SSSR count). The van der Waals surface area contributed by atoms with E-state index in [1.165, 1.54) is 12.4 Å². The molecule has 182 valence electrons. The van der Waals surface area contributed by atoms with E-state index in [9.17, 15) is 14.3 Å². The number of likely N-dealkylation sites (tertiary alicyclic amines) is 1. The van der Waals surface area contributed by atoms with Crippen molar-refractivity contribution in [2.24, 2.45) is 10.9 Å². The molecule has 0 atom stereocenters. The number of nitrogens with zero attached hydrogens (tertiary/aromatic N) is 4. The molecule has 1 aliphatic heterocycles. The number of hydrogen-bond donors (Lipinski definition) is 1. The second kappa shape index (κ2) is 12.5. The Morgan fingerprint density at radius 2 is 2.00 bits per heavy atom. The maximum Gasteiger partial charge on any atom is 0.248 e. The molecule has 7 heteroatoms. The molecular weight excluding hydrogens is 431 g/mol. The van der Waals surface area contributed by atoms with Crippen molar-refractivity contribution in [3.8, 4) is 0 Å². The predicted molar refractivity (Wildman–Crippen MR) is 133 cm³/mol. The monoisotopic (exact) mass is 466 g/mol. The second-order valence-corrected chi connectivity index (χ2v) is 8.86. The molecule has 0 unspecified atom stereocenters. The van der Waals surface area contributed by atoms with Crippen LogP contribution in [0, 0.1) is 18.7 Å². The van der Waals surface area contributed by atoms with Crippen LogP contribution in [0.15, 0.2) is 47.4 Å². The number of unbranched alkanes of at least 4 members (excludes halogenated alkanes) is 2. The lowest BCUT2D eigenvalue weighted by Crippen LogP contribution is -2.40. The molecule has 1 saturated heterocycles. The molecule has 2 heterocycles. The Bertz CT molecular complexity index is 1030. The number of hydrogen-bond acceptors (Lipinski definition) is 5. The van der Waals surface area contributed by atoms with Crippen LogP contribution >= 0.6 is 0 Å². The highest BCUT2D eigenvalue weighted by molar-refractivity contribution is 6.32. The van der Waals surface area contributed by atoms with Crippen molar-refractivity contribution in [1.29, 1.82) is 0 Å². The van der Waals surface area contributed by atoms with Gasteiger partial charge in [-0.25, -0.2) is 14.4 Å². The number of aryl methyl sites for hydroxylation is 1. The van der Waals surface area contributed by atoms with Crippen LogP contribution in [-0.2, 0) is 4.79 Å². The number of halogens is 1. The summed E-state index contributed by atoms with van der Waals surface area (Å²) >= 11 is 0. The minimum absolute atomic E-state index is 0.226. The number of aliphatic hydroxyl groups excluding tert-OH is 1. The first-order valence-corrected chi connectivity index (χ1v) is 12.1. The van der Waals surface area contributed by atoms with Gasteiger partial charge in [0.05, 0.1) is 11.4 Å². The predicted octanol–water partition coefficient (Wildman–Crippen LogP) is 4.61. The molecule has 34 heavy (non-hydrogen) atoms.